The molecule has 3 rings (SSSR count). The summed E-state index contributed by atoms with van der Waals surface area (Å²) in [6.45, 7) is 10.5. The average molecular weight is 468 g/mol. The number of allylic oxidation sites excluding steroid dienone is 1. The van der Waals surface area contributed by atoms with Gasteiger partial charge in [-0.3, -0.25) is 9.36 Å². The normalized spacial score (nSPS) is 11.7. The number of nitrogens with one attached hydrogen (secondary N) is 1. The van der Waals surface area contributed by atoms with Gasteiger partial charge in [0.15, 0.2) is 17.1 Å². The highest BCUT2D eigenvalue weighted by Crippen LogP contribution is 2.27. The Labute approximate surface area is 196 Å². The van der Waals surface area contributed by atoms with Gasteiger partial charge in [-0.1, -0.05) is 43.8 Å². The van der Waals surface area contributed by atoms with Crippen LogP contribution >= 0.6 is 23.1 Å². The Morgan fingerprint density at radius 1 is 1.31 bits per heavy atom. The predicted octanol–water partition coefficient (Wildman–Crippen LogP) is 5.39. The molecule has 0 saturated heterocycles. The van der Waals surface area contributed by atoms with Gasteiger partial charge in [0.05, 0.1) is 11.3 Å². The second-order valence-corrected chi connectivity index (χ2v) is 9.19. The first-order chi connectivity index (χ1) is 15.4. The summed E-state index contributed by atoms with van der Waals surface area (Å²) in [6, 6.07) is 11.8. The second-order valence-electron chi connectivity index (χ2n) is 7.34. The van der Waals surface area contributed by atoms with Crippen molar-refractivity contribution in [2.75, 3.05) is 11.1 Å². The van der Waals surface area contributed by atoms with E-state index in [0.29, 0.717) is 34.0 Å². The molecule has 7 nitrogen and oxygen atoms in total. The molecule has 0 radical (unpaired) electrons. The highest BCUT2D eigenvalue weighted by atomic mass is 32.2. The number of thioether (sulfide) groups is 1. The van der Waals surface area contributed by atoms with Crippen LogP contribution in [-0.4, -0.2) is 26.4 Å². The number of aromatic nitrogens is 3. The Kier molecular flexibility index (Phi) is 8.09. The van der Waals surface area contributed by atoms with Crippen LogP contribution in [0.1, 0.15) is 49.7 Å². The number of thiophene rings is 1. The third kappa shape index (κ3) is 5.78. The molecule has 2 aromatic heterocycles. The van der Waals surface area contributed by atoms with Crippen LogP contribution in [0.25, 0.3) is 0 Å². The van der Waals surface area contributed by atoms with Crippen molar-refractivity contribution in [3.8, 4) is 11.8 Å². The van der Waals surface area contributed by atoms with Crippen LogP contribution in [0.2, 0.25) is 0 Å². The van der Waals surface area contributed by atoms with Gasteiger partial charge in [-0.05, 0) is 42.0 Å². The lowest BCUT2D eigenvalue weighted by molar-refractivity contribution is -0.113. The number of nitriles is 1. The summed E-state index contributed by atoms with van der Waals surface area (Å²) < 4.78 is 7.97. The fourth-order valence-corrected chi connectivity index (χ4v) is 4.49. The Bertz CT molecular complexity index is 1110. The van der Waals surface area contributed by atoms with E-state index in [1.54, 1.807) is 17.5 Å². The second kappa shape index (κ2) is 11.0. The van der Waals surface area contributed by atoms with Crippen molar-refractivity contribution in [3.63, 3.8) is 0 Å². The van der Waals surface area contributed by atoms with Crippen molar-refractivity contribution in [3.05, 3.63) is 65.3 Å². The molecule has 32 heavy (non-hydrogen) atoms. The van der Waals surface area contributed by atoms with Crippen LogP contribution in [0, 0.1) is 11.3 Å². The minimum Gasteiger partial charge on any atom is -0.483 e. The molecule has 1 atom stereocenters. The van der Waals surface area contributed by atoms with Gasteiger partial charge in [0.25, 0.3) is 0 Å². The first-order valence-corrected chi connectivity index (χ1v) is 12.0. The van der Waals surface area contributed by atoms with Crippen molar-refractivity contribution >= 4 is 34.0 Å². The fourth-order valence-electron chi connectivity index (χ4n) is 2.98. The molecule has 9 heteroatoms. The van der Waals surface area contributed by atoms with E-state index < -0.39 is 0 Å². The first-order valence-electron chi connectivity index (χ1n) is 10.1. The Morgan fingerprint density at radius 2 is 2.06 bits per heavy atom. The van der Waals surface area contributed by atoms with Crippen LogP contribution in [0.15, 0.2) is 53.5 Å². The van der Waals surface area contributed by atoms with E-state index >= 15 is 0 Å². The van der Waals surface area contributed by atoms with Gasteiger partial charge in [0.1, 0.15) is 16.8 Å². The number of carbonyl (C=O) groups is 1. The van der Waals surface area contributed by atoms with E-state index in [0.717, 1.165) is 5.75 Å². The van der Waals surface area contributed by atoms with E-state index in [1.807, 2.05) is 23.6 Å². The Hall–Kier alpha value is -3.09. The van der Waals surface area contributed by atoms with Gasteiger partial charge >= 0.3 is 0 Å². The number of amides is 1. The van der Waals surface area contributed by atoms with Gasteiger partial charge in [0, 0.05) is 6.54 Å². The van der Waals surface area contributed by atoms with Gasteiger partial charge in [0.2, 0.25) is 5.91 Å². The molecule has 1 aromatic carbocycles. The molecule has 0 spiro atoms. The number of carbonyl (C=O) groups excluding carboxylic acids is 1. The number of ether oxygens (including phenoxy) is 1. The SMILES string of the molecule is C=CCn1c(SCC(=O)Nc2sccc2C#N)nnc1C(C)Oc1ccc(C(C)C)cc1. The summed E-state index contributed by atoms with van der Waals surface area (Å²) in [7, 11) is 0. The maximum atomic E-state index is 12.3. The molecular formula is C23H25N5O2S2. The molecular weight excluding hydrogens is 442 g/mol. The molecule has 0 aliphatic heterocycles. The summed E-state index contributed by atoms with van der Waals surface area (Å²) >= 11 is 2.60. The highest BCUT2D eigenvalue weighted by Gasteiger charge is 2.20. The lowest BCUT2D eigenvalue weighted by atomic mass is 10.0. The molecule has 1 N–H and O–H groups in total. The summed E-state index contributed by atoms with van der Waals surface area (Å²) in [5.74, 6) is 1.81. The van der Waals surface area contributed by atoms with Crippen LogP contribution < -0.4 is 10.1 Å². The van der Waals surface area contributed by atoms with Crippen molar-refractivity contribution in [2.24, 2.45) is 0 Å². The Morgan fingerprint density at radius 3 is 2.72 bits per heavy atom. The smallest absolute Gasteiger partial charge is 0.235 e. The van der Waals surface area contributed by atoms with Crippen molar-refractivity contribution in [1.29, 1.82) is 5.26 Å². The van der Waals surface area contributed by atoms with E-state index in [4.69, 9.17) is 10.00 Å². The largest absolute Gasteiger partial charge is 0.483 e. The Balaban J connectivity index is 1.67. The lowest BCUT2D eigenvalue weighted by Crippen LogP contribution is -2.15. The number of hydrogen-bond acceptors (Lipinski definition) is 7. The van der Waals surface area contributed by atoms with Gasteiger partial charge < -0.3 is 10.1 Å². The molecule has 0 bridgehead atoms. The topological polar surface area (TPSA) is 92.8 Å². The summed E-state index contributed by atoms with van der Waals surface area (Å²) in [4.78, 5) is 12.3. The maximum absolute atomic E-state index is 12.3. The van der Waals surface area contributed by atoms with Crippen LogP contribution in [0.4, 0.5) is 5.00 Å². The zero-order valence-electron chi connectivity index (χ0n) is 18.2. The summed E-state index contributed by atoms with van der Waals surface area (Å²) in [5.41, 5.74) is 1.71. The summed E-state index contributed by atoms with van der Waals surface area (Å²) in [6.07, 6.45) is 1.42. The van der Waals surface area contributed by atoms with E-state index in [-0.39, 0.29) is 17.8 Å². The van der Waals surface area contributed by atoms with E-state index in [9.17, 15) is 4.79 Å². The standard InChI is InChI=1S/C23H25N5O2S2/c1-5-11-28-21(16(4)30-19-8-6-17(7-9-19)15(2)3)26-27-23(28)32-14-20(29)25-22-18(13-24)10-12-31-22/h5-10,12,15-16H,1,11,14H2,2-4H3,(H,25,29). The van der Waals surface area contributed by atoms with Crippen molar-refractivity contribution in [1.82, 2.24) is 14.8 Å². The fraction of sp³-hybridized carbons (Fsp3) is 0.304. The first kappa shape index (κ1) is 23.6. The maximum Gasteiger partial charge on any atom is 0.235 e. The molecule has 3 aromatic rings. The van der Waals surface area contributed by atoms with Crippen molar-refractivity contribution in [2.45, 2.75) is 44.5 Å². The monoisotopic (exact) mass is 467 g/mol. The number of rotatable bonds is 10. The number of hydrogen-bond donors (Lipinski definition) is 1. The van der Waals surface area contributed by atoms with Gasteiger partial charge in [-0.25, -0.2) is 0 Å². The molecule has 0 fully saturated rings. The zero-order valence-corrected chi connectivity index (χ0v) is 19.9. The molecule has 0 aliphatic rings. The van der Waals surface area contributed by atoms with Crippen molar-refractivity contribution < 1.29 is 9.53 Å². The van der Waals surface area contributed by atoms with Gasteiger partial charge in [-0.15, -0.1) is 28.1 Å². The van der Waals surface area contributed by atoms with Crippen LogP contribution in [-0.2, 0) is 11.3 Å². The van der Waals surface area contributed by atoms with Crippen LogP contribution in [0.5, 0.6) is 5.75 Å². The molecule has 2 heterocycles. The molecule has 0 saturated carbocycles. The number of nitrogens with zero attached hydrogens (tertiary/aromatic N) is 4. The third-order valence-corrected chi connectivity index (χ3v) is 6.45. The zero-order chi connectivity index (χ0) is 23.1. The summed E-state index contributed by atoms with van der Waals surface area (Å²) in [5, 5.41) is 23.3. The average Bonchev–Trinajstić information content (AvgIpc) is 3.39. The van der Waals surface area contributed by atoms with E-state index in [1.165, 1.54) is 28.7 Å². The highest BCUT2D eigenvalue weighted by molar-refractivity contribution is 7.99. The van der Waals surface area contributed by atoms with E-state index in [2.05, 4.69) is 54.1 Å². The minimum absolute atomic E-state index is 0.143. The lowest BCUT2D eigenvalue weighted by Gasteiger charge is -2.16. The molecule has 166 valence electrons. The quantitative estimate of drug-likeness (QED) is 0.317. The molecule has 0 aliphatic carbocycles. The number of benzene rings is 1. The number of anilines is 1. The molecule has 1 amide bonds. The molecule has 1 unspecified atom stereocenters. The van der Waals surface area contributed by atoms with Crippen LogP contribution in [0.3, 0.4) is 0 Å². The third-order valence-electron chi connectivity index (χ3n) is 4.65. The minimum atomic E-state index is -0.333. The predicted molar refractivity (Wildman–Crippen MR) is 128 cm³/mol. The van der Waals surface area contributed by atoms with Gasteiger partial charge in [-0.2, -0.15) is 5.26 Å².